The monoisotopic (exact) mass is 421 g/mol. The van der Waals surface area contributed by atoms with Gasteiger partial charge in [-0.2, -0.15) is 0 Å². The lowest BCUT2D eigenvalue weighted by atomic mass is 9.96. The molecular formula is C13H16IN3O5. The minimum absolute atomic E-state index is 0.146. The fourth-order valence-electron chi connectivity index (χ4n) is 3.33. The van der Waals surface area contributed by atoms with Gasteiger partial charge in [-0.05, 0) is 13.3 Å². The van der Waals surface area contributed by atoms with E-state index >= 15 is 0 Å². The average Bonchev–Trinajstić information content (AvgIpc) is 2.93. The molecular weight excluding hydrogens is 405 g/mol. The molecule has 2 saturated heterocycles. The van der Waals surface area contributed by atoms with Gasteiger partial charge in [-0.25, -0.2) is 4.79 Å². The highest BCUT2D eigenvalue weighted by Crippen LogP contribution is 2.50. The Morgan fingerprint density at radius 2 is 2.14 bits per heavy atom. The number of aromatic nitrogens is 2. The van der Waals surface area contributed by atoms with Crippen molar-refractivity contribution in [3.05, 3.63) is 32.6 Å². The Hall–Kier alpha value is -1.20. The van der Waals surface area contributed by atoms with Crippen LogP contribution < -0.4 is 11.2 Å². The summed E-state index contributed by atoms with van der Waals surface area (Å²) in [6, 6.07) is -0.424. The highest BCUT2D eigenvalue weighted by Gasteiger charge is 2.69. The number of nitrogens with zero attached hydrogens (tertiary/aromatic N) is 2. The summed E-state index contributed by atoms with van der Waals surface area (Å²) in [5.41, 5.74) is -1.68. The van der Waals surface area contributed by atoms with Crippen molar-refractivity contribution < 1.29 is 12.6 Å². The highest BCUT2D eigenvalue weighted by atomic mass is 127. The Bertz CT molecular complexity index is 744. The number of halogens is 1. The van der Waals surface area contributed by atoms with Gasteiger partial charge in [-0.1, -0.05) is 6.92 Å². The van der Waals surface area contributed by atoms with Crippen LogP contribution in [0.15, 0.2) is 15.8 Å². The van der Waals surface area contributed by atoms with Gasteiger partial charge in [-0.3, -0.25) is 19.1 Å². The van der Waals surface area contributed by atoms with Crippen LogP contribution in [0.1, 0.15) is 25.1 Å². The first-order valence-corrected chi connectivity index (χ1v) is 7.80. The third-order valence-electron chi connectivity index (χ3n) is 4.56. The van der Waals surface area contributed by atoms with Crippen molar-refractivity contribution >= 4 is 28.9 Å². The minimum atomic E-state index is -1.09. The van der Waals surface area contributed by atoms with Crippen molar-refractivity contribution in [2.24, 2.45) is 0 Å². The van der Waals surface area contributed by atoms with Crippen molar-refractivity contribution in [1.29, 1.82) is 0 Å². The number of amides is 1. The number of hydrogen-bond donors (Lipinski definition) is 1. The second-order valence-electron chi connectivity index (χ2n) is 5.65. The molecule has 4 atom stereocenters. The van der Waals surface area contributed by atoms with E-state index < -0.39 is 35.2 Å². The van der Waals surface area contributed by atoms with E-state index in [-0.39, 0.29) is 5.91 Å². The zero-order valence-electron chi connectivity index (χ0n) is 12.3. The van der Waals surface area contributed by atoms with Crippen molar-refractivity contribution in [2.75, 3.05) is 7.05 Å². The Labute approximate surface area is 140 Å². The number of fused-ring (bicyclic) bond motifs is 2. The first-order valence-electron chi connectivity index (χ1n) is 6.92. The largest absolute Gasteiger partial charge is 0.336 e. The maximum absolute atomic E-state index is 12.4. The van der Waals surface area contributed by atoms with Crippen molar-refractivity contribution in [2.45, 2.75) is 44.2 Å². The van der Waals surface area contributed by atoms with Gasteiger partial charge in [-0.15, -0.1) is 0 Å². The molecule has 8 nitrogen and oxygen atoms in total. The molecule has 22 heavy (non-hydrogen) atoms. The highest BCUT2D eigenvalue weighted by molar-refractivity contribution is 14.1. The molecule has 2 bridgehead atoms. The number of nitrogens with one attached hydrogen (secondary N) is 1. The lowest BCUT2D eigenvalue weighted by Crippen LogP contribution is -2.50. The van der Waals surface area contributed by atoms with Crippen molar-refractivity contribution in [3.63, 3.8) is 0 Å². The van der Waals surface area contributed by atoms with E-state index in [2.05, 4.69) is 4.98 Å². The van der Waals surface area contributed by atoms with Crippen LogP contribution in [-0.2, 0) is 12.6 Å². The normalized spacial score (nSPS) is 33.7. The summed E-state index contributed by atoms with van der Waals surface area (Å²) >= 11 is 1.76. The molecule has 0 spiro atoms. The number of carbonyl (C=O) groups excluding carboxylic acids is 1. The topological polar surface area (TPSA) is 93.6 Å². The first-order chi connectivity index (χ1) is 10.4. The fraction of sp³-hybridized carbons (Fsp3) is 0.615. The molecule has 2 fully saturated rings. The van der Waals surface area contributed by atoms with Crippen LogP contribution in [0, 0.1) is 6.92 Å². The molecule has 1 aromatic heterocycles. The second-order valence-corrected chi connectivity index (χ2v) is 6.15. The van der Waals surface area contributed by atoms with E-state index in [1.54, 1.807) is 41.9 Å². The smallest absolute Gasteiger partial charge is 0.330 e. The van der Waals surface area contributed by atoms with Gasteiger partial charge in [0.25, 0.3) is 11.5 Å². The number of likely N-dealkylation sites (N-methyl/N-ethyl adjacent to an activating group) is 1. The summed E-state index contributed by atoms with van der Waals surface area (Å²) in [5, 5.41) is 0. The predicted octanol–water partition coefficient (Wildman–Crippen LogP) is 0.0984. The summed E-state index contributed by atoms with van der Waals surface area (Å²) in [6.45, 7) is 3.46. The second kappa shape index (κ2) is 5.17. The third-order valence-corrected chi connectivity index (χ3v) is 5.11. The molecule has 9 heteroatoms. The maximum atomic E-state index is 12.4. The number of rotatable bonds is 3. The molecule has 0 aromatic carbocycles. The molecule has 2 aliphatic heterocycles. The van der Waals surface area contributed by atoms with Crippen LogP contribution in [-0.4, -0.2) is 45.2 Å². The maximum Gasteiger partial charge on any atom is 0.330 e. The zero-order chi connectivity index (χ0) is 16.2. The molecule has 1 amide bonds. The molecule has 3 heterocycles. The number of morpholine rings is 1. The van der Waals surface area contributed by atoms with E-state index in [0.717, 1.165) is 0 Å². The Morgan fingerprint density at radius 1 is 1.45 bits per heavy atom. The molecule has 0 radical (unpaired) electrons. The lowest BCUT2D eigenvalue weighted by Gasteiger charge is -2.34. The van der Waals surface area contributed by atoms with Gasteiger partial charge in [0.2, 0.25) is 0 Å². The van der Waals surface area contributed by atoms with E-state index in [1.165, 1.54) is 10.8 Å². The number of ether oxygens (including phenoxy) is 1. The van der Waals surface area contributed by atoms with Gasteiger partial charge >= 0.3 is 5.69 Å². The average molecular weight is 421 g/mol. The summed E-state index contributed by atoms with van der Waals surface area (Å²) in [7, 11) is 1.67. The van der Waals surface area contributed by atoms with Gasteiger partial charge < -0.3 is 12.7 Å². The van der Waals surface area contributed by atoms with Gasteiger partial charge in [0, 0.05) is 18.8 Å². The minimum Gasteiger partial charge on any atom is -0.336 e. The molecule has 2 unspecified atom stereocenters. The molecule has 0 saturated carbocycles. The molecule has 1 N–H and O–H groups in total. The van der Waals surface area contributed by atoms with Gasteiger partial charge in [0.05, 0.1) is 0 Å². The van der Waals surface area contributed by atoms with Crippen LogP contribution >= 0.6 is 23.0 Å². The Kier molecular flexibility index (Phi) is 3.68. The molecule has 3 rings (SSSR count). The predicted molar refractivity (Wildman–Crippen MR) is 84.7 cm³/mol. The quantitative estimate of drug-likeness (QED) is 0.699. The molecule has 0 aliphatic carbocycles. The first kappa shape index (κ1) is 15.7. The standard InChI is InChI=1S/C13H16IN3O5/c1-4-13-8(22-14)7(16(3)11(13)19)10(21-13)17-5-6(2)9(18)15-12(17)20/h5,7-8,10H,4H2,1-3H3,(H,15,18,20)/t7?,8?,10-,13-/m1/s1. The molecule has 1 aromatic rings. The van der Waals surface area contributed by atoms with Crippen molar-refractivity contribution in [1.82, 2.24) is 14.5 Å². The number of aryl methyl sites for hydroxylation is 1. The Balaban J connectivity index is 2.13. The summed E-state index contributed by atoms with van der Waals surface area (Å²) in [6.07, 6.45) is 0.733. The Morgan fingerprint density at radius 3 is 2.68 bits per heavy atom. The number of carbonyl (C=O) groups is 1. The van der Waals surface area contributed by atoms with Crippen LogP contribution in [0.4, 0.5) is 0 Å². The van der Waals surface area contributed by atoms with E-state index in [9.17, 15) is 14.4 Å². The summed E-state index contributed by atoms with van der Waals surface area (Å²) in [4.78, 5) is 39.9. The lowest BCUT2D eigenvalue weighted by molar-refractivity contribution is -0.175. The zero-order valence-corrected chi connectivity index (χ0v) is 14.5. The summed E-state index contributed by atoms with van der Waals surface area (Å²) in [5.74, 6) is -0.146. The van der Waals surface area contributed by atoms with E-state index in [4.69, 9.17) is 7.80 Å². The van der Waals surface area contributed by atoms with Crippen molar-refractivity contribution in [3.8, 4) is 0 Å². The number of hydrogen-bond acceptors (Lipinski definition) is 5. The molecule has 120 valence electrons. The summed E-state index contributed by atoms with van der Waals surface area (Å²) < 4.78 is 12.8. The van der Waals surface area contributed by atoms with Crippen LogP contribution in [0.5, 0.6) is 0 Å². The number of likely N-dealkylation sites (tertiary alicyclic amines) is 1. The van der Waals surface area contributed by atoms with E-state index in [0.29, 0.717) is 12.0 Å². The van der Waals surface area contributed by atoms with Crippen LogP contribution in [0.25, 0.3) is 0 Å². The molecule has 2 aliphatic rings. The fourth-order valence-corrected chi connectivity index (χ4v) is 4.05. The SMILES string of the molecule is CC[C@@]12O[C@@H](n3cc(C)c(=O)[nH]c3=O)C(C1OI)N(C)C2=O. The van der Waals surface area contributed by atoms with E-state index in [1.807, 2.05) is 6.92 Å². The third kappa shape index (κ3) is 1.85. The van der Waals surface area contributed by atoms with Gasteiger partial charge in [0.15, 0.2) is 11.8 Å². The van der Waals surface area contributed by atoms with Gasteiger partial charge in [0.1, 0.15) is 35.2 Å². The van der Waals surface area contributed by atoms with Crippen LogP contribution in [0.3, 0.4) is 0 Å². The van der Waals surface area contributed by atoms with Crippen LogP contribution in [0.2, 0.25) is 0 Å². The number of H-pyrrole nitrogens is 1. The number of aromatic amines is 1.